The predicted molar refractivity (Wildman–Crippen MR) is 128 cm³/mol. The molecule has 6 nitrogen and oxygen atoms in total. The van der Waals surface area contributed by atoms with Gasteiger partial charge in [-0.1, -0.05) is 36.5 Å². The van der Waals surface area contributed by atoms with E-state index in [1.54, 1.807) is 11.3 Å². The molecule has 0 bridgehead atoms. The van der Waals surface area contributed by atoms with Crippen LogP contribution in [0.1, 0.15) is 35.0 Å². The molecule has 1 aliphatic carbocycles. The van der Waals surface area contributed by atoms with Gasteiger partial charge in [0.05, 0.1) is 11.1 Å². The first kappa shape index (κ1) is 19.6. The fraction of sp³-hybridized carbons (Fsp3) is 0.360. The number of para-hydroxylation sites is 1. The monoisotopic (exact) mass is 443 g/mol. The largest absolute Gasteiger partial charge is 0.344 e. The van der Waals surface area contributed by atoms with Crippen LogP contribution < -0.4 is 4.90 Å². The van der Waals surface area contributed by atoms with Crippen LogP contribution in [0.4, 0.5) is 5.13 Å². The number of anilines is 1. The number of piperazine rings is 1. The Morgan fingerprint density at radius 2 is 1.84 bits per heavy atom. The molecule has 1 amide bonds. The van der Waals surface area contributed by atoms with Gasteiger partial charge in [-0.05, 0) is 48.9 Å². The van der Waals surface area contributed by atoms with Gasteiger partial charge in [0, 0.05) is 43.5 Å². The van der Waals surface area contributed by atoms with Crippen molar-refractivity contribution in [2.75, 3.05) is 31.1 Å². The van der Waals surface area contributed by atoms with E-state index in [0.717, 1.165) is 70.0 Å². The number of amides is 1. The molecule has 1 saturated heterocycles. The lowest BCUT2D eigenvalue weighted by molar-refractivity contribution is 0.0747. The Labute approximate surface area is 190 Å². The fourth-order valence-corrected chi connectivity index (χ4v) is 5.92. The maximum absolute atomic E-state index is 13.8. The number of aromatic nitrogens is 3. The topological polar surface area (TPSA) is 62.2 Å². The minimum absolute atomic E-state index is 0.152. The maximum atomic E-state index is 13.8. The maximum Gasteiger partial charge on any atom is 0.255 e. The summed E-state index contributed by atoms with van der Waals surface area (Å²) in [5, 5.41) is 1.98. The second kappa shape index (κ2) is 7.81. The highest BCUT2D eigenvalue weighted by molar-refractivity contribution is 7.21. The SMILES string of the molecule is CC1CCc2nc3ccccc3c(C(=O)N3CCN(c4nc5cccnc5s4)CC3)c2C1. The van der Waals surface area contributed by atoms with Crippen LogP contribution >= 0.6 is 11.3 Å². The van der Waals surface area contributed by atoms with E-state index in [-0.39, 0.29) is 5.91 Å². The Balaban J connectivity index is 1.29. The Kier molecular flexibility index (Phi) is 4.79. The van der Waals surface area contributed by atoms with Gasteiger partial charge in [-0.25, -0.2) is 9.97 Å². The molecular formula is C25H25N5OS. The van der Waals surface area contributed by atoms with Crippen LogP contribution in [-0.4, -0.2) is 51.9 Å². The third-order valence-corrected chi connectivity index (χ3v) is 7.75. The predicted octanol–water partition coefficient (Wildman–Crippen LogP) is 4.33. The molecule has 3 aromatic heterocycles. The molecule has 0 spiro atoms. The van der Waals surface area contributed by atoms with Crippen molar-refractivity contribution >= 4 is 43.6 Å². The summed E-state index contributed by atoms with van der Waals surface area (Å²) in [6.45, 7) is 5.24. The molecule has 7 heteroatoms. The van der Waals surface area contributed by atoms with Gasteiger partial charge in [-0.15, -0.1) is 0 Å². The lowest BCUT2D eigenvalue weighted by Gasteiger charge is -2.35. The summed E-state index contributed by atoms with van der Waals surface area (Å²) in [5.41, 5.74) is 5.05. The lowest BCUT2D eigenvalue weighted by atomic mass is 9.83. The highest BCUT2D eigenvalue weighted by Crippen LogP contribution is 2.33. The molecule has 162 valence electrons. The summed E-state index contributed by atoms with van der Waals surface area (Å²) >= 11 is 1.62. The number of nitrogens with zero attached hydrogens (tertiary/aromatic N) is 5. The van der Waals surface area contributed by atoms with Gasteiger partial charge in [-0.3, -0.25) is 9.78 Å². The molecule has 1 aromatic carbocycles. The van der Waals surface area contributed by atoms with Crippen molar-refractivity contribution in [3.63, 3.8) is 0 Å². The molecule has 4 aromatic rings. The van der Waals surface area contributed by atoms with Crippen LogP contribution in [0.15, 0.2) is 42.6 Å². The number of fused-ring (bicyclic) bond motifs is 3. The summed E-state index contributed by atoms with van der Waals surface area (Å²) in [4.78, 5) is 33.2. The molecule has 4 heterocycles. The summed E-state index contributed by atoms with van der Waals surface area (Å²) in [7, 11) is 0. The van der Waals surface area contributed by atoms with E-state index in [4.69, 9.17) is 9.97 Å². The quantitative estimate of drug-likeness (QED) is 0.462. The standard InChI is InChI=1S/C25H25N5OS/c1-16-8-9-20-18(15-16)22(17-5-2-3-6-19(17)27-20)24(31)29-11-13-30(14-12-29)25-28-21-7-4-10-26-23(21)32-25/h2-7,10,16H,8-9,11-15H2,1H3. The molecule has 0 radical (unpaired) electrons. The first-order chi connectivity index (χ1) is 15.7. The summed E-state index contributed by atoms with van der Waals surface area (Å²) in [6, 6.07) is 12.0. The number of carbonyl (C=O) groups excluding carboxylic acids is 1. The van der Waals surface area contributed by atoms with Crippen LogP contribution in [0.5, 0.6) is 0 Å². The van der Waals surface area contributed by atoms with Crippen LogP contribution in [0, 0.1) is 5.92 Å². The van der Waals surface area contributed by atoms with Gasteiger partial charge in [0.25, 0.3) is 5.91 Å². The van der Waals surface area contributed by atoms with Crippen molar-refractivity contribution in [1.29, 1.82) is 0 Å². The molecule has 1 unspecified atom stereocenters. The number of hydrogen-bond acceptors (Lipinski definition) is 6. The number of rotatable bonds is 2. The van der Waals surface area contributed by atoms with Crippen LogP contribution in [0.2, 0.25) is 0 Å². The minimum Gasteiger partial charge on any atom is -0.344 e. The number of pyridine rings is 2. The van der Waals surface area contributed by atoms with Crippen molar-refractivity contribution in [3.8, 4) is 0 Å². The average Bonchev–Trinajstić information content (AvgIpc) is 3.27. The van der Waals surface area contributed by atoms with Crippen LogP contribution in [0.3, 0.4) is 0 Å². The molecule has 0 N–H and O–H groups in total. The third kappa shape index (κ3) is 3.32. The lowest BCUT2D eigenvalue weighted by Crippen LogP contribution is -2.49. The van der Waals surface area contributed by atoms with Gasteiger partial charge < -0.3 is 9.80 Å². The Morgan fingerprint density at radius 3 is 2.69 bits per heavy atom. The summed E-state index contributed by atoms with van der Waals surface area (Å²) < 4.78 is 0. The van der Waals surface area contributed by atoms with Crippen molar-refractivity contribution in [1.82, 2.24) is 19.9 Å². The van der Waals surface area contributed by atoms with E-state index in [9.17, 15) is 4.79 Å². The van der Waals surface area contributed by atoms with Crippen molar-refractivity contribution < 1.29 is 4.79 Å². The number of hydrogen-bond donors (Lipinski definition) is 0. The van der Waals surface area contributed by atoms with E-state index >= 15 is 0 Å². The zero-order chi connectivity index (χ0) is 21.7. The fourth-order valence-electron chi connectivity index (χ4n) is 4.96. The van der Waals surface area contributed by atoms with E-state index in [0.29, 0.717) is 19.0 Å². The summed E-state index contributed by atoms with van der Waals surface area (Å²) in [6.07, 6.45) is 4.84. The number of thiazole rings is 1. The summed E-state index contributed by atoms with van der Waals surface area (Å²) in [5.74, 6) is 0.737. The molecule has 1 aliphatic heterocycles. The van der Waals surface area contributed by atoms with E-state index in [1.165, 1.54) is 5.56 Å². The average molecular weight is 444 g/mol. The van der Waals surface area contributed by atoms with Gasteiger partial charge in [0.2, 0.25) is 0 Å². The van der Waals surface area contributed by atoms with Gasteiger partial charge in [0.15, 0.2) is 5.13 Å². The molecule has 32 heavy (non-hydrogen) atoms. The van der Waals surface area contributed by atoms with Gasteiger partial charge in [-0.2, -0.15) is 0 Å². The molecule has 6 rings (SSSR count). The zero-order valence-electron chi connectivity index (χ0n) is 18.1. The molecule has 0 saturated carbocycles. The highest BCUT2D eigenvalue weighted by Gasteiger charge is 2.30. The number of aryl methyl sites for hydroxylation is 1. The van der Waals surface area contributed by atoms with Crippen molar-refractivity contribution in [2.45, 2.75) is 26.2 Å². The smallest absolute Gasteiger partial charge is 0.255 e. The van der Waals surface area contributed by atoms with Gasteiger partial charge >= 0.3 is 0 Å². The van der Waals surface area contributed by atoms with Crippen molar-refractivity contribution in [2.24, 2.45) is 5.92 Å². The molecule has 1 atom stereocenters. The number of carbonyl (C=O) groups is 1. The number of benzene rings is 1. The van der Waals surface area contributed by atoms with E-state index < -0.39 is 0 Å². The Morgan fingerprint density at radius 1 is 1.03 bits per heavy atom. The Hall–Kier alpha value is -3.06. The molecule has 2 aliphatic rings. The highest BCUT2D eigenvalue weighted by atomic mass is 32.1. The van der Waals surface area contributed by atoms with Crippen molar-refractivity contribution in [3.05, 3.63) is 59.4 Å². The van der Waals surface area contributed by atoms with E-state index in [2.05, 4.69) is 22.9 Å². The third-order valence-electron chi connectivity index (χ3n) is 6.71. The zero-order valence-corrected chi connectivity index (χ0v) is 18.9. The molecular weight excluding hydrogens is 418 g/mol. The first-order valence-electron chi connectivity index (χ1n) is 11.3. The second-order valence-electron chi connectivity index (χ2n) is 8.88. The minimum atomic E-state index is 0.152. The van der Waals surface area contributed by atoms with Crippen LogP contribution in [0.25, 0.3) is 21.3 Å². The van der Waals surface area contributed by atoms with Gasteiger partial charge in [0.1, 0.15) is 10.3 Å². The first-order valence-corrected chi connectivity index (χ1v) is 12.2. The Bertz CT molecular complexity index is 1290. The van der Waals surface area contributed by atoms with E-state index in [1.807, 2.05) is 41.4 Å². The molecule has 1 fully saturated rings. The second-order valence-corrected chi connectivity index (χ2v) is 9.84. The van der Waals surface area contributed by atoms with Crippen LogP contribution in [-0.2, 0) is 12.8 Å². The normalized spacial score (nSPS) is 18.8.